The zero-order valence-electron chi connectivity index (χ0n) is 13.1. The third kappa shape index (κ3) is 3.72. The van der Waals surface area contributed by atoms with Gasteiger partial charge in [-0.3, -0.25) is 4.99 Å². The van der Waals surface area contributed by atoms with Crippen molar-refractivity contribution in [3.8, 4) is 11.5 Å². The molecule has 0 saturated heterocycles. The second-order valence-corrected chi connectivity index (χ2v) is 5.25. The maximum Gasteiger partial charge on any atom is 0.161 e. The summed E-state index contributed by atoms with van der Waals surface area (Å²) < 4.78 is 24.1. The number of hydrogen-bond acceptors (Lipinski definition) is 3. The molecule has 2 aromatic carbocycles. The van der Waals surface area contributed by atoms with Crippen LogP contribution in [0, 0.1) is 5.82 Å². The third-order valence-electron chi connectivity index (χ3n) is 3.86. The number of methoxy groups -OCH3 is 2. The molecule has 1 aliphatic rings. The maximum atomic E-state index is 13.4. The average Bonchev–Trinajstić information content (AvgIpc) is 2.54. The standard InChI is InChI=1S/C18H18FNO2.BrH/c1-21-17-10-13-6-7-20-16(15(13)11-18(17)22-2)9-12-4-3-5-14(19)8-12;/h3-5,8,10-11H,6-7,9H2,1-2H3;1H. The number of nitrogens with zero attached hydrogens (tertiary/aromatic N) is 1. The SMILES string of the molecule is Br.COc1cc2c(cc1OC)C(Cc1cccc(F)c1)=NCC2. The summed E-state index contributed by atoms with van der Waals surface area (Å²) in [5.41, 5.74) is 4.14. The van der Waals surface area contributed by atoms with Gasteiger partial charge in [-0.2, -0.15) is 0 Å². The van der Waals surface area contributed by atoms with E-state index in [2.05, 4.69) is 4.99 Å². The van der Waals surface area contributed by atoms with Crippen LogP contribution < -0.4 is 9.47 Å². The van der Waals surface area contributed by atoms with E-state index >= 15 is 0 Å². The first kappa shape index (κ1) is 17.5. The average molecular weight is 380 g/mol. The lowest BCUT2D eigenvalue weighted by Crippen LogP contribution is -2.16. The second kappa shape index (κ2) is 7.59. The number of fused-ring (bicyclic) bond motifs is 1. The van der Waals surface area contributed by atoms with E-state index in [9.17, 15) is 4.39 Å². The van der Waals surface area contributed by atoms with E-state index in [-0.39, 0.29) is 22.8 Å². The first-order valence-corrected chi connectivity index (χ1v) is 7.24. The number of ether oxygens (including phenoxy) is 2. The number of halogens is 2. The molecule has 0 unspecified atom stereocenters. The monoisotopic (exact) mass is 379 g/mol. The van der Waals surface area contributed by atoms with Crippen LogP contribution in [0.3, 0.4) is 0 Å². The molecule has 3 rings (SSSR count). The predicted octanol–water partition coefficient (Wildman–Crippen LogP) is 4.01. The van der Waals surface area contributed by atoms with Crippen LogP contribution in [0.1, 0.15) is 16.7 Å². The Morgan fingerprint density at radius 3 is 2.52 bits per heavy atom. The van der Waals surface area contributed by atoms with Crippen molar-refractivity contribution in [2.75, 3.05) is 20.8 Å². The van der Waals surface area contributed by atoms with E-state index < -0.39 is 0 Å². The van der Waals surface area contributed by atoms with E-state index in [0.717, 1.165) is 35.6 Å². The molecule has 0 aromatic heterocycles. The predicted molar refractivity (Wildman–Crippen MR) is 95.1 cm³/mol. The van der Waals surface area contributed by atoms with Gasteiger partial charge >= 0.3 is 0 Å². The Bertz CT molecular complexity index is 731. The molecule has 0 fully saturated rings. The van der Waals surface area contributed by atoms with Crippen molar-refractivity contribution < 1.29 is 13.9 Å². The fraction of sp³-hybridized carbons (Fsp3) is 0.278. The Kier molecular flexibility index (Phi) is 5.77. The summed E-state index contributed by atoms with van der Waals surface area (Å²) in [6.45, 7) is 0.743. The summed E-state index contributed by atoms with van der Waals surface area (Å²) in [5, 5.41) is 0. The second-order valence-electron chi connectivity index (χ2n) is 5.25. The minimum absolute atomic E-state index is 0. The molecule has 2 aromatic rings. The molecule has 1 heterocycles. The van der Waals surface area contributed by atoms with Crippen molar-refractivity contribution in [3.63, 3.8) is 0 Å². The van der Waals surface area contributed by atoms with Crippen molar-refractivity contribution in [2.45, 2.75) is 12.8 Å². The highest BCUT2D eigenvalue weighted by atomic mass is 79.9. The van der Waals surface area contributed by atoms with E-state index in [0.29, 0.717) is 12.2 Å². The van der Waals surface area contributed by atoms with E-state index in [1.165, 1.54) is 11.6 Å². The molecule has 5 heteroatoms. The van der Waals surface area contributed by atoms with Crippen molar-refractivity contribution in [1.82, 2.24) is 0 Å². The van der Waals surface area contributed by atoms with Gasteiger partial charge in [-0.25, -0.2) is 4.39 Å². The van der Waals surface area contributed by atoms with Gasteiger partial charge < -0.3 is 9.47 Å². The molecule has 0 saturated carbocycles. The van der Waals surface area contributed by atoms with Crippen LogP contribution in [-0.2, 0) is 12.8 Å². The number of benzene rings is 2. The molecule has 0 atom stereocenters. The molecule has 1 aliphatic heterocycles. The Morgan fingerprint density at radius 2 is 1.83 bits per heavy atom. The molecule has 122 valence electrons. The number of aliphatic imine (C=N–C) groups is 1. The minimum Gasteiger partial charge on any atom is -0.493 e. The Balaban J connectivity index is 0.00000192. The Morgan fingerprint density at radius 1 is 1.09 bits per heavy atom. The highest BCUT2D eigenvalue weighted by Crippen LogP contribution is 2.33. The summed E-state index contributed by atoms with van der Waals surface area (Å²) in [7, 11) is 3.26. The molecule has 3 nitrogen and oxygen atoms in total. The van der Waals surface area contributed by atoms with Gasteiger partial charge in [-0.1, -0.05) is 12.1 Å². The van der Waals surface area contributed by atoms with Gasteiger partial charge in [0.2, 0.25) is 0 Å². The van der Waals surface area contributed by atoms with Crippen LogP contribution in [-0.4, -0.2) is 26.5 Å². The largest absolute Gasteiger partial charge is 0.493 e. The van der Waals surface area contributed by atoms with Crippen LogP contribution in [0.15, 0.2) is 41.4 Å². The van der Waals surface area contributed by atoms with E-state index in [1.54, 1.807) is 26.4 Å². The fourth-order valence-electron chi connectivity index (χ4n) is 2.78. The Labute approximate surface area is 145 Å². The van der Waals surface area contributed by atoms with Gasteiger partial charge in [-0.05, 0) is 41.8 Å². The third-order valence-corrected chi connectivity index (χ3v) is 3.86. The zero-order valence-corrected chi connectivity index (χ0v) is 14.8. The highest BCUT2D eigenvalue weighted by Gasteiger charge is 2.18. The molecular weight excluding hydrogens is 361 g/mol. The van der Waals surface area contributed by atoms with Crippen molar-refractivity contribution in [1.29, 1.82) is 0 Å². The fourth-order valence-corrected chi connectivity index (χ4v) is 2.78. The van der Waals surface area contributed by atoms with Crippen LogP contribution in [0.5, 0.6) is 11.5 Å². The summed E-state index contributed by atoms with van der Waals surface area (Å²) in [4.78, 5) is 4.62. The van der Waals surface area contributed by atoms with Crippen molar-refractivity contribution >= 4 is 22.7 Å². The first-order chi connectivity index (χ1) is 10.7. The topological polar surface area (TPSA) is 30.8 Å². The summed E-state index contributed by atoms with van der Waals surface area (Å²) in [6, 6.07) is 10.6. The van der Waals surface area contributed by atoms with Crippen molar-refractivity contribution in [2.24, 2.45) is 4.99 Å². The van der Waals surface area contributed by atoms with E-state index in [4.69, 9.17) is 9.47 Å². The van der Waals surface area contributed by atoms with E-state index in [1.807, 2.05) is 18.2 Å². The summed E-state index contributed by atoms with van der Waals surface area (Å²) in [6.07, 6.45) is 1.49. The molecule has 0 amide bonds. The van der Waals surface area contributed by atoms with Crippen LogP contribution in [0.25, 0.3) is 0 Å². The lowest BCUT2D eigenvalue weighted by atomic mass is 9.93. The molecule has 23 heavy (non-hydrogen) atoms. The highest BCUT2D eigenvalue weighted by molar-refractivity contribution is 8.93. The number of hydrogen-bond donors (Lipinski definition) is 0. The molecule has 0 N–H and O–H groups in total. The van der Waals surface area contributed by atoms with Gasteiger partial charge in [0.1, 0.15) is 5.82 Å². The minimum atomic E-state index is -0.221. The molecule has 0 aliphatic carbocycles. The van der Waals surface area contributed by atoms with Gasteiger partial charge in [0.05, 0.1) is 14.2 Å². The molecule has 0 bridgehead atoms. The molecule has 0 spiro atoms. The smallest absolute Gasteiger partial charge is 0.161 e. The maximum absolute atomic E-state index is 13.4. The van der Waals surface area contributed by atoms with Gasteiger partial charge in [0.25, 0.3) is 0 Å². The van der Waals surface area contributed by atoms with Crippen LogP contribution in [0.2, 0.25) is 0 Å². The van der Waals surface area contributed by atoms with Crippen LogP contribution >= 0.6 is 17.0 Å². The zero-order chi connectivity index (χ0) is 15.5. The first-order valence-electron chi connectivity index (χ1n) is 7.24. The lowest BCUT2D eigenvalue weighted by molar-refractivity contribution is 0.354. The quantitative estimate of drug-likeness (QED) is 0.803. The Hall–Kier alpha value is -1.88. The van der Waals surface area contributed by atoms with Crippen LogP contribution in [0.4, 0.5) is 4.39 Å². The summed E-state index contributed by atoms with van der Waals surface area (Å²) >= 11 is 0. The number of rotatable bonds is 4. The normalized spacial score (nSPS) is 12.7. The van der Waals surface area contributed by atoms with Gasteiger partial charge in [0.15, 0.2) is 11.5 Å². The summed E-state index contributed by atoms with van der Waals surface area (Å²) in [5.74, 6) is 1.20. The lowest BCUT2D eigenvalue weighted by Gasteiger charge is -2.20. The van der Waals surface area contributed by atoms with Gasteiger partial charge in [-0.15, -0.1) is 17.0 Å². The van der Waals surface area contributed by atoms with Crippen molar-refractivity contribution in [3.05, 3.63) is 58.9 Å². The molecular formula is C18H19BrFNO2. The molecule has 0 radical (unpaired) electrons. The van der Waals surface area contributed by atoms with Gasteiger partial charge in [0, 0.05) is 24.2 Å².